The lowest BCUT2D eigenvalue weighted by Crippen LogP contribution is -2.48. The quantitative estimate of drug-likeness (QED) is 0.273. The van der Waals surface area contributed by atoms with Crippen LogP contribution in [-0.4, -0.2) is 54.6 Å². The number of rotatable bonds is 7. The number of carbonyl (C=O) groups is 1. The first-order valence-corrected chi connectivity index (χ1v) is 10.2. The van der Waals surface area contributed by atoms with Crippen LogP contribution in [0.2, 0.25) is 0 Å². The Morgan fingerprint density at radius 1 is 1.46 bits per heavy atom. The average Bonchev–Trinajstić information content (AvgIpc) is 3.09. The SMILES string of the molecule is CCNC(=NCCc1csc(CC)n1)N1CCCC(C(=O)OCC)C1.I. The lowest BCUT2D eigenvalue weighted by molar-refractivity contribution is -0.149. The normalized spacial score (nSPS) is 17.6. The molecule has 1 saturated heterocycles. The predicted molar refractivity (Wildman–Crippen MR) is 118 cm³/mol. The third kappa shape index (κ3) is 7.02. The zero-order valence-electron chi connectivity index (χ0n) is 16.0. The maximum Gasteiger partial charge on any atom is 0.310 e. The monoisotopic (exact) mass is 494 g/mol. The van der Waals surface area contributed by atoms with E-state index in [1.165, 1.54) is 5.01 Å². The van der Waals surface area contributed by atoms with E-state index in [0.717, 1.165) is 50.4 Å². The topological polar surface area (TPSA) is 66.8 Å². The van der Waals surface area contributed by atoms with Gasteiger partial charge in [-0.3, -0.25) is 9.79 Å². The van der Waals surface area contributed by atoms with Crippen molar-refractivity contribution in [3.05, 3.63) is 16.1 Å². The van der Waals surface area contributed by atoms with E-state index >= 15 is 0 Å². The van der Waals surface area contributed by atoms with E-state index in [2.05, 4.69) is 34.4 Å². The molecule has 0 aliphatic carbocycles. The first-order valence-electron chi connectivity index (χ1n) is 9.31. The van der Waals surface area contributed by atoms with E-state index < -0.39 is 0 Å². The summed E-state index contributed by atoms with van der Waals surface area (Å²) in [6.45, 7) is 9.62. The molecule has 1 atom stereocenters. The van der Waals surface area contributed by atoms with Crippen molar-refractivity contribution in [3.8, 4) is 0 Å². The van der Waals surface area contributed by atoms with Gasteiger partial charge in [-0.1, -0.05) is 6.92 Å². The highest BCUT2D eigenvalue weighted by atomic mass is 127. The predicted octanol–water partition coefficient (Wildman–Crippen LogP) is 3.11. The first kappa shape index (κ1) is 23.1. The lowest BCUT2D eigenvalue weighted by atomic mass is 9.98. The maximum absolute atomic E-state index is 12.0. The van der Waals surface area contributed by atoms with Crippen molar-refractivity contribution in [1.82, 2.24) is 15.2 Å². The molecule has 0 bridgehead atoms. The van der Waals surface area contributed by atoms with Crippen molar-refractivity contribution in [2.45, 2.75) is 46.5 Å². The van der Waals surface area contributed by atoms with E-state index in [4.69, 9.17) is 9.73 Å². The Balaban J connectivity index is 0.00000338. The molecule has 1 N–H and O–H groups in total. The number of hydrogen-bond acceptors (Lipinski definition) is 5. The van der Waals surface area contributed by atoms with E-state index in [1.54, 1.807) is 11.3 Å². The van der Waals surface area contributed by atoms with Gasteiger partial charge in [0.25, 0.3) is 0 Å². The average molecular weight is 494 g/mol. The summed E-state index contributed by atoms with van der Waals surface area (Å²) in [6, 6.07) is 0. The molecule has 1 fully saturated rings. The molecule has 1 aliphatic rings. The highest BCUT2D eigenvalue weighted by molar-refractivity contribution is 14.0. The maximum atomic E-state index is 12.0. The van der Waals surface area contributed by atoms with Crippen LogP contribution in [0.5, 0.6) is 0 Å². The molecule has 0 radical (unpaired) electrons. The molecule has 2 heterocycles. The Bertz CT molecular complexity index is 579. The van der Waals surface area contributed by atoms with Crippen LogP contribution in [0, 0.1) is 5.92 Å². The summed E-state index contributed by atoms with van der Waals surface area (Å²) in [5.74, 6) is 0.753. The summed E-state index contributed by atoms with van der Waals surface area (Å²) in [4.78, 5) is 23.6. The second-order valence-corrected chi connectivity index (χ2v) is 7.05. The number of ether oxygens (including phenoxy) is 1. The Kier molecular flexibility index (Phi) is 11.1. The summed E-state index contributed by atoms with van der Waals surface area (Å²) in [5, 5.41) is 6.66. The second-order valence-electron chi connectivity index (χ2n) is 6.11. The number of piperidine rings is 1. The van der Waals surface area contributed by atoms with Gasteiger partial charge in [-0.15, -0.1) is 35.3 Å². The minimum Gasteiger partial charge on any atom is -0.466 e. The molecule has 0 aromatic carbocycles. The van der Waals surface area contributed by atoms with Crippen LogP contribution < -0.4 is 5.32 Å². The molecular weight excluding hydrogens is 463 g/mol. The summed E-state index contributed by atoms with van der Waals surface area (Å²) in [7, 11) is 0. The van der Waals surface area contributed by atoms with Gasteiger partial charge in [0, 0.05) is 38.0 Å². The second kappa shape index (κ2) is 12.5. The molecule has 26 heavy (non-hydrogen) atoms. The van der Waals surface area contributed by atoms with E-state index in [-0.39, 0.29) is 35.9 Å². The first-order chi connectivity index (χ1) is 12.2. The Morgan fingerprint density at radius 2 is 2.27 bits per heavy atom. The molecule has 1 unspecified atom stereocenters. The van der Waals surface area contributed by atoms with Crippen molar-refractivity contribution in [1.29, 1.82) is 0 Å². The number of carbonyl (C=O) groups excluding carboxylic acids is 1. The summed E-state index contributed by atoms with van der Waals surface area (Å²) >= 11 is 1.72. The Labute approximate surface area is 177 Å². The van der Waals surface area contributed by atoms with E-state index in [0.29, 0.717) is 19.7 Å². The van der Waals surface area contributed by atoms with E-state index in [1.807, 2.05) is 6.92 Å². The van der Waals surface area contributed by atoms with Crippen LogP contribution in [0.3, 0.4) is 0 Å². The van der Waals surface area contributed by atoms with Gasteiger partial charge in [0.1, 0.15) is 0 Å². The fourth-order valence-electron chi connectivity index (χ4n) is 2.95. The fourth-order valence-corrected chi connectivity index (χ4v) is 3.73. The molecular formula is C18H31IN4O2S. The molecule has 148 valence electrons. The molecule has 0 amide bonds. The van der Waals surface area contributed by atoms with Gasteiger partial charge in [-0.25, -0.2) is 4.98 Å². The van der Waals surface area contributed by atoms with Gasteiger partial charge in [0.05, 0.1) is 23.2 Å². The van der Waals surface area contributed by atoms with Crippen molar-refractivity contribution in [2.75, 3.05) is 32.8 Å². The van der Waals surface area contributed by atoms with E-state index in [9.17, 15) is 4.79 Å². The standard InChI is InChI=1S/C18H30N4O2S.HI/c1-4-16-21-15(13-25-16)9-10-20-18(19-5-2)22-11-7-8-14(12-22)17(23)24-6-3;/h13-14H,4-12H2,1-3H3,(H,19,20);1H. The number of hydrogen-bond donors (Lipinski definition) is 1. The van der Waals surface area contributed by atoms with Crippen LogP contribution in [0.25, 0.3) is 0 Å². The van der Waals surface area contributed by atoms with Gasteiger partial charge in [-0.2, -0.15) is 0 Å². The number of likely N-dealkylation sites (tertiary alicyclic amines) is 1. The number of aryl methyl sites for hydroxylation is 1. The summed E-state index contributed by atoms with van der Waals surface area (Å²) in [5.41, 5.74) is 1.12. The fraction of sp³-hybridized carbons (Fsp3) is 0.722. The highest BCUT2D eigenvalue weighted by Crippen LogP contribution is 2.18. The number of aromatic nitrogens is 1. The largest absolute Gasteiger partial charge is 0.466 e. The number of nitrogens with one attached hydrogen (secondary N) is 1. The molecule has 8 heteroatoms. The highest BCUT2D eigenvalue weighted by Gasteiger charge is 2.28. The number of thiazole rings is 1. The third-order valence-electron chi connectivity index (χ3n) is 4.21. The summed E-state index contributed by atoms with van der Waals surface area (Å²) in [6.07, 6.45) is 3.72. The van der Waals surface area contributed by atoms with Crippen LogP contribution >= 0.6 is 35.3 Å². The molecule has 0 saturated carbocycles. The Morgan fingerprint density at radius 3 is 2.92 bits per heavy atom. The lowest BCUT2D eigenvalue weighted by Gasteiger charge is -2.34. The van der Waals surface area contributed by atoms with Crippen molar-refractivity contribution in [3.63, 3.8) is 0 Å². The Hall–Kier alpha value is -0.900. The molecule has 0 spiro atoms. The van der Waals surface area contributed by atoms with Gasteiger partial charge in [0.2, 0.25) is 0 Å². The minimum atomic E-state index is -0.0855. The number of nitrogens with zero attached hydrogens (tertiary/aromatic N) is 3. The van der Waals surface area contributed by atoms with Crippen LogP contribution in [0.1, 0.15) is 44.3 Å². The van der Waals surface area contributed by atoms with Gasteiger partial charge < -0.3 is 15.0 Å². The molecule has 2 rings (SSSR count). The van der Waals surface area contributed by atoms with Crippen LogP contribution in [0.4, 0.5) is 0 Å². The smallest absolute Gasteiger partial charge is 0.310 e. The minimum absolute atomic E-state index is 0. The zero-order chi connectivity index (χ0) is 18.1. The number of aliphatic imine (C=N–C) groups is 1. The van der Waals surface area contributed by atoms with Crippen molar-refractivity contribution < 1.29 is 9.53 Å². The third-order valence-corrected chi connectivity index (χ3v) is 5.25. The zero-order valence-corrected chi connectivity index (χ0v) is 19.1. The molecule has 1 aromatic rings. The number of halogens is 1. The van der Waals surface area contributed by atoms with Gasteiger partial charge in [-0.05, 0) is 33.1 Å². The summed E-state index contributed by atoms with van der Waals surface area (Å²) < 4.78 is 5.19. The van der Waals surface area contributed by atoms with Gasteiger partial charge in [0.15, 0.2) is 5.96 Å². The van der Waals surface area contributed by atoms with Crippen molar-refractivity contribution >= 4 is 47.2 Å². The van der Waals surface area contributed by atoms with Crippen LogP contribution in [-0.2, 0) is 22.4 Å². The molecule has 1 aliphatic heterocycles. The van der Waals surface area contributed by atoms with Crippen molar-refractivity contribution in [2.24, 2.45) is 10.9 Å². The number of guanidine groups is 1. The van der Waals surface area contributed by atoms with Crippen LogP contribution in [0.15, 0.2) is 10.4 Å². The van der Waals surface area contributed by atoms with Gasteiger partial charge >= 0.3 is 5.97 Å². The molecule has 1 aromatic heterocycles. The molecule has 6 nitrogen and oxygen atoms in total. The number of esters is 1.